The monoisotopic (exact) mass is 448 g/mol. The average Bonchev–Trinajstić information content (AvgIpc) is 2.58. The highest BCUT2D eigenvalue weighted by Crippen LogP contribution is 2.41. The van der Waals surface area contributed by atoms with Crippen molar-refractivity contribution < 1.29 is 0 Å². The summed E-state index contributed by atoms with van der Waals surface area (Å²) in [5, 5.41) is 0. The zero-order valence-corrected chi connectivity index (χ0v) is 13.1. The van der Waals surface area contributed by atoms with Gasteiger partial charge in [0.05, 0.1) is 11.5 Å². The van der Waals surface area contributed by atoms with Gasteiger partial charge in [-0.05, 0) is 72.6 Å². The van der Waals surface area contributed by atoms with Crippen molar-refractivity contribution >= 4 is 77.1 Å². The topological polar surface area (TPSA) is 0 Å². The molecular weight excluding hydrogens is 447 g/mol. The molecule has 0 aromatic carbocycles. The molecule has 2 aromatic rings. The van der Waals surface area contributed by atoms with Crippen LogP contribution in [-0.4, -0.2) is 0 Å². The minimum Gasteiger partial charge on any atom is -0.128 e. The molecule has 0 aliphatic carbocycles. The molecule has 0 saturated heterocycles. The molecule has 68 valence electrons. The normalized spacial score (nSPS) is 10.7. The van der Waals surface area contributed by atoms with Crippen LogP contribution in [0.25, 0.3) is 9.75 Å². The van der Waals surface area contributed by atoms with Crippen molar-refractivity contribution in [1.29, 1.82) is 0 Å². The molecule has 0 aliphatic heterocycles. The number of halogens is 3. The van der Waals surface area contributed by atoms with Gasteiger partial charge in [-0.2, -0.15) is 0 Å². The van der Waals surface area contributed by atoms with Crippen molar-refractivity contribution in [2.24, 2.45) is 0 Å². The van der Waals surface area contributed by atoms with Crippen LogP contribution < -0.4 is 0 Å². The van der Waals surface area contributed by atoms with Gasteiger partial charge in [0.25, 0.3) is 0 Å². The van der Waals surface area contributed by atoms with Gasteiger partial charge in [0, 0.05) is 9.35 Å². The summed E-state index contributed by atoms with van der Waals surface area (Å²) in [6, 6.07) is 6.39. The first-order chi connectivity index (χ1) is 6.16. The van der Waals surface area contributed by atoms with Crippen LogP contribution >= 0.6 is 77.1 Å². The predicted molar refractivity (Wildman–Crippen MR) is 75.7 cm³/mol. The summed E-state index contributed by atoms with van der Waals surface area (Å²) in [7, 11) is 0. The van der Waals surface area contributed by atoms with Gasteiger partial charge in [0.15, 0.2) is 0 Å². The zero-order valence-electron chi connectivity index (χ0n) is 6.18. The van der Waals surface area contributed by atoms with Gasteiger partial charge in [-0.3, -0.25) is 0 Å². The minimum absolute atomic E-state index is 1.16. The van der Waals surface area contributed by atoms with E-state index in [9.17, 15) is 0 Å². The third-order valence-corrected chi connectivity index (χ3v) is 6.05. The number of rotatable bonds is 1. The van der Waals surface area contributed by atoms with E-state index in [-0.39, 0.29) is 0 Å². The Morgan fingerprint density at radius 2 is 1.92 bits per heavy atom. The molecule has 2 heterocycles. The van der Waals surface area contributed by atoms with Crippen LogP contribution in [0.15, 0.2) is 26.5 Å². The molecule has 0 nitrogen and oxygen atoms in total. The van der Waals surface area contributed by atoms with Crippen LogP contribution in [0.5, 0.6) is 0 Å². The molecule has 0 aliphatic rings. The highest BCUT2D eigenvalue weighted by Gasteiger charge is 2.09. The fraction of sp³-hybridized carbons (Fsp3) is 0. The number of thiophene rings is 2. The maximum atomic E-state index is 3.55. The second-order valence-electron chi connectivity index (χ2n) is 2.33. The summed E-state index contributed by atoms with van der Waals surface area (Å²) in [6.45, 7) is 0. The number of hydrogen-bond donors (Lipinski definition) is 0. The van der Waals surface area contributed by atoms with E-state index in [0.29, 0.717) is 0 Å². The van der Waals surface area contributed by atoms with E-state index in [1.807, 2.05) is 11.3 Å². The lowest BCUT2D eigenvalue weighted by molar-refractivity contribution is 1.83. The summed E-state index contributed by atoms with van der Waals surface area (Å²) in [5.74, 6) is 0. The second kappa shape index (κ2) is 4.30. The van der Waals surface area contributed by atoms with Crippen LogP contribution in [0.2, 0.25) is 0 Å². The Bertz CT molecular complexity index is 433. The SMILES string of the molecule is Brc1cc(Br)c(-c2ccc(I)s2)s1. The van der Waals surface area contributed by atoms with Gasteiger partial charge in [0.2, 0.25) is 0 Å². The van der Waals surface area contributed by atoms with Crippen LogP contribution in [0.1, 0.15) is 0 Å². The van der Waals surface area contributed by atoms with Crippen LogP contribution in [0, 0.1) is 2.88 Å². The minimum atomic E-state index is 1.16. The first-order valence-corrected chi connectivity index (χ1v) is 7.67. The Kier molecular flexibility index (Phi) is 3.51. The molecule has 13 heavy (non-hydrogen) atoms. The fourth-order valence-electron chi connectivity index (χ4n) is 0.945. The lowest BCUT2D eigenvalue weighted by Crippen LogP contribution is -1.60. The first-order valence-electron chi connectivity index (χ1n) is 3.37. The summed E-state index contributed by atoms with van der Waals surface area (Å²) in [6.07, 6.45) is 0. The second-order valence-corrected chi connectivity index (χ2v) is 8.60. The lowest BCUT2D eigenvalue weighted by atomic mass is 10.4. The van der Waals surface area contributed by atoms with E-state index in [0.717, 1.165) is 3.79 Å². The Balaban J connectivity index is 2.51. The van der Waals surface area contributed by atoms with Crippen molar-refractivity contribution in [1.82, 2.24) is 0 Å². The molecule has 0 atom stereocenters. The fourth-order valence-corrected chi connectivity index (χ4v) is 5.46. The van der Waals surface area contributed by atoms with Gasteiger partial charge in [-0.1, -0.05) is 0 Å². The third kappa shape index (κ3) is 2.37. The maximum absolute atomic E-state index is 3.55. The van der Waals surface area contributed by atoms with Crippen LogP contribution in [0.3, 0.4) is 0 Å². The van der Waals surface area contributed by atoms with Crippen molar-refractivity contribution in [2.45, 2.75) is 0 Å². The smallest absolute Gasteiger partial charge is 0.0717 e. The lowest BCUT2D eigenvalue weighted by Gasteiger charge is -1.90. The molecule has 2 rings (SSSR count). The van der Waals surface area contributed by atoms with Gasteiger partial charge in [-0.25, -0.2) is 0 Å². The molecular formula is C8H3Br2IS2. The molecule has 0 bridgehead atoms. The summed E-state index contributed by atoms with van der Waals surface area (Å²) in [5.41, 5.74) is 0. The molecule has 0 fully saturated rings. The van der Waals surface area contributed by atoms with Gasteiger partial charge >= 0.3 is 0 Å². The number of hydrogen-bond acceptors (Lipinski definition) is 2. The third-order valence-electron chi connectivity index (χ3n) is 1.45. The molecule has 0 amide bonds. The van der Waals surface area contributed by atoms with Gasteiger partial charge in [0.1, 0.15) is 0 Å². The zero-order chi connectivity index (χ0) is 9.42. The van der Waals surface area contributed by atoms with E-state index in [1.165, 1.54) is 17.1 Å². The summed E-state index contributed by atoms with van der Waals surface area (Å²) >= 11 is 12.9. The maximum Gasteiger partial charge on any atom is 0.0717 e. The Morgan fingerprint density at radius 3 is 2.38 bits per heavy atom. The van der Waals surface area contributed by atoms with Crippen molar-refractivity contribution in [3.05, 3.63) is 29.3 Å². The molecule has 0 unspecified atom stereocenters. The van der Waals surface area contributed by atoms with Crippen LogP contribution in [-0.2, 0) is 0 Å². The molecule has 5 heteroatoms. The molecule has 0 radical (unpaired) electrons. The average molecular weight is 450 g/mol. The Morgan fingerprint density at radius 1 is 1.15 bits per heavy atom. The Hall–Kier alpha value is 1.09. The summed E-state index contributed by atoms with van der Waals surface area (Å²) < 4.78 is 3.66. The van der Waals surface area contributed by atoms with Gasteiger partial charge in [-0.15, -0.1) is 22.7 Å². The van der Waals surface area contributed by atoms with Crippen LogP contribution in [0.4, 0.5) is 0 Å². The molecule has 0 spiro atoms. The van der Waals surface area contributed by atoms with E-state index < -0.39 is 0 Å². The Labute approximate surface area is 115 Å². The van der Waals surface area contributed by atoms with Gasteiger partial charge < -0.3 is 0 Å². The molecule has 0 N–H and O–H groups in total. The highest BCUT2D eigenvalue weighted by molar-refractivity contribution is 14.1. The van der Waals surface area contributed by atoms with E-state index in [1.54, 1.807) is 11.3 Å². The van der Waals surface area contributed by atoms with Crippen molar-refractivity contribution in [3.8, 4) is 9.75 Å². The largest absolute Gasteiger partial charge is 0.128 e. The van der Waals surface area contributed by atoms with E-state index in [4.69, 9.17) is 0 Å². The molecule has 2 aromatic heterocycles. The predicted octanol–water partition coefficient (Wildman–Crippen LogP) is 5.61. The highest BCUT2D eigenvalue weighted by atomic mass is 127. The first kappa shape index (κ1) is 10.6. The quantitative estimate of drug-likeness (QED) is 0.497. The van der Waals surface area contributed by atoms with Crippen molar-refractivity contribution in [2.75, 3.05) is 0 Å². The van der Waals surface area contributed by atoms with E-state index in [2.05, 4.69) is 72.6 Å². The molecule has 0 saturated carbocycles. The van der Waals surface area contributed by atoms with Crippen molar-refractivity contribution in [3.63, 3.8) is 0 Å². The summed E-state index contributed by atoms with van der Waals surface area (Å²) in [4.78, 5) is 2.63. The van der Waals surface area contributed by atoms with E-state index >= 15 is 0 Å². The standard InChI is InChI=1S/C8H3Br2IS2/c9-4-3-6(10)13-8(4)5-1-2-7(11)12-5/h1-3H.